The molecule has 2 N–H and O–H groups in total. The lowest BCUT2D eigenvalue weighted by molar-refractivity contribution is -0.121. The lowest BCUT2D eigenvalue weighted by Gasteiger charge is -2.09. The maximum atomic E-state index is 12.0. The number of fused-ring (bicyclic) bond motifs is 1. The molecule has 0 aliphatic carbocycles. The summed E-state index contributed by atoms with van der Waals surface area (Å²) in [5, 5.41) is 6.46. The van der Waals surface area contributed by atoms with Crippen LogP contribution in [-0.2, 0) is 20.9 Å². The van der Waals surface area contributed by atoms with E-state index in [2.05, 4.69) is 15.6 Å². The number of hydrogen-bond donors (Lipinski definition) is 2. The molecule has 26 heavy (non-hydrogen) atoms. The third kappa shape index (κ3) is 4.78. The van der Waals surface area contributed by atoms with Crippen molar-refractivity contribution in [2.75, 3.05) is 17.2 Å². The number of benzene rings is 2. The molecule has 1 aromatic heterocycles. The van der Waals surface area contributed by atoms with Gasteiger partial charge in [-0.3, -0.25) is 9.59 Å². The zero-order chi connectivity index (χ0) is 18.5. The van der Waals surface area contributed by atoms with Crippen LogP contribution in [0.25, 0.3) is 10.2 Å². The number of ether oxygens (including phenoxy) is 1. The highest BCUT2D eigenvalue weighted by Crippen LogP contribution is 2.25. The summed E-state index contributed by atoms with van der Waals surface area (Å²) in [7, 11) is 0. The van der Waals surface area contributed by atoms with Gasteiger partial charge in [0.2, 0.25) is 11.8 Å². The number of carbonyl (C=O) groups excluding carboxylic acids is 2. The second kappa shape index (κ2) is 8.27. The van der Waals surface area contributed by atoms with Gasteiger partial charge in [-0.25, -0.2) is 4.98 Å². The van der Waals surface area contributed by atoms with E-state index >= 15 is 0 Å². The largest absolute Gasteiger partial charge is 0.364 e. The van der Waals surface area contributed by atoms with Crippen LogP contribution in [0.1, 0.15) is 11.9 Å². The van der Waals surface area contributed by atoms with Gasteiger partial charge in [0.05, 0.1) is 27.5 Å². The van der Waals surface area contributed by atoms with Crippen LogP contribution in [0.15, 0.2) is 42.5 Å². The summed E-state index contributed by atoms with van der Waals surface area (Å²) in [6, 6.07) is 12.7. The molecule has 134 valence electrons. The Bertz CT molecular complexity index is 925. The Hall–Kier alpha value is -2.48. The molecule has 3 rings (SSSR count). The smallest absolute Gasteiger partial charge is 0.250 e. The fraction of sp³-hybridized carbons (Fsp3) is 0.167. The van der Waals surface area contributed by atoms with Crippen molar-refractivity contribution in [3.8, 4) is 0 Å². The molecule has 0 aliphatic heterocycles. The van der Waals surface area contributed by atoms with Crippen LogP contribution in [0, 0.1) is 0 Å². The second-order valence-corrected chi connectivity index (χ2v) is 7.01. The molecule has 3 aromatic rings. The first kappa shape index (κ1) is 18.3. The van der Waals surface area contributed by atoms with Crippen molar-refractivity contribution in [1.29, 1.82) is 0 Å². The molecule has 0 spiro atoms. The number of amides is 2. The zero-order valence-electron chi connectivity index (χ0n) is 13.9. The number of rotatable bonds is 6. The molecule has 0 unspecified atom stereocenters. The highest BCUT2D eigenvalue weighted by molar-refractivity contribution is 7.18. The summed E-state index contributed by atoms with van der Waals surface area (Å²) in [6.07, 6.45) is 0. The standard InChI is InChI=1S/C18H16ClN3O3S/c1-11(23)20-14-7-6-12(8-13(14)19)21-17(24)9-25-10-18-22-15-4-2-3-5-16(15)26-18/h2-8H,9-10H2,1H3,(H,20,23)(H,21,24). The van der Waals surface area contributed by atoms with Crippen molar-refractivity contribution in [3.05, 3.63) is 52.5 Å². The summed E-state index contributed by atoms with van der Waals surface area (Å²) in [5.41, 5.74) is 1.94. The van der Waals surface area contributed by atoms with Gasteiger partial charge in [0, 0.05) is 12.6 Å². The zero-order valence-corrected chi connectivity index (χ0v) is 15.5. The molecule has 1 heterocycles. The minimum absolute atomic E-state index is 0.0962. The van der Waals surface area contributed by atoms with E-state index in [0.29, 0.717) is 16.4 Å². The Kier molecular flexibility index (Phi) is 5.82. The first-order valence-corrected chi connectivity index (χ1v) is 9.00. The Morgan fingerprint density at radius 1 is 1.19 bits per heavy atom. The van der Waals surface area contributed by atoms with Crippen LogP contribution < -0.4 is 10.6 Å². The number of para-hydroxylation sites is 1. The van der Waals surface area contributed by atoms with Gasteiger partial charge in [-0.2, -0.15) is 0 Å². The third-order valence-corrected chi connectivity index (χ3v) is 4.68. The Balaban J connectivity index is 1.50. The van der Waals surface area contributed by atoms with Crippen LogP contribution in [-0.4, -0.2) is 23.4 Å². The lowest BCUT2D eigenvalue weighted by Crippen LogP contribution is -2.18. The molecule has 0 saturated carbocycles. The van der Waals surface area contributed by atoms with Gasteiger partial charge < -0.3 is 15.4 Å². The second-order valence-electron chi connectivity index (χ2n) is 5.49. The van der Waals surface area contributed by atoms with Crippen LogP contribution in [0.4, 0.5) is 11.4 Å². The number of halogens is 1. The normalized spacial score (nSPS) is 10.7. The van der Waals surface area contributed by atoms with Crippen LogP contribution >= 0.6 is 22.9 Å². The number of nitrogens with one attached hydrogen (secondary N) is 2. The number of thiazole rings is 1. The van der Waals surface area contributed by atoms with Crippen LogP contribution in [0.3, 0.4) is 0 Å². The predicted octanol–water partition coefficient (Wildman–Crippen LogP) is 4.06. The van der Waals surface area contributed by atoms with Crippen LogP contribution in [0.5, 0.6) is 0 Å². The van der Waals surface area contributed by atoms with Crippen molar-refractivity contribution in [2.24, 2.45) is 0 Å². The monoisotopic (exact) mass is 389 g/mol. The summed E-state index contributed by atoms with van der Waals surface area (Å²) >= 11 is 7.62. The number of aromatic nitrogens is 1. The molecule has 0 bridgehead atoms. The van der Waals surface area contributed by atoms with Crippen molar-refractivity contribution < 1.29 is 14.3 Å². The highest BCUT2D eigenvalue weighted by atomic mass is 35.5. The molecule has 2 amide bonds. The average molecular weight is 390 g/mol. The molecule has 0 radical (unpaired) electrons. The van der Waals surface area contributed by atoms with Crippen molar-refractivity contribution in [2.45, 2.75) is 13.5 Å². The van der Waals surface area contributed by atoms with Gasteiger partial charge in [0.15, 0.2) is 0 Å². The van der Waals surface area contributed by atoms with E-state index in [9.17, 15) is 9.59 Å². The molecular formula is C18H16ClN3O3S. The predicted molar refractivity (Wildman–Crippen MR) is 104 cm³/mol. The topological polar surface area (TPSA) is 80.3 Å². The van der Waals surface area contributed by atoms with E-state index in [1.807, 2.05) is 24.3 Å². The fourth-order valence-corrected chi connectivity index (χ4v) is 3.43. The number of anilines is 2. The van der Waals surface area contributed by atoms with Gasteiger partial charge in [-0.05, 0) is 30.3 Å². The summed E-state index contributed by atoms with van der Waals surface area (Å²) < 4.78 is 6.52. The van der Waals surface area contributed by atoms with Crippen molar-refractivity contribution in [1.82, 2.24) is 4.98 Å². The number of hydrogen-bond acceptors (Lipinski definition) is 5. The average Bonchev–Trinajstić information content (AvgIpc) is 2.99. The van der Waals surface area contributed by atoms with E-state index in [0.717, 1.165) is 15.2 Å². The van der Waals surface area contributed by atoms with Gasteiger partial charge in [-0.15, -0.1) is 11.3 Å². The lowest BCUT2D eigenvalue weighted by atomic mass is 10.2. The van der Waals surface area contributed by atoms with Gasteiger partial charge in [-0.1, -0.05) is 23.7 Å². The number of nitrogens with zero attached hydrogens (tertiary/aromatic N) is 1. The maximum absolute atomic E-state index is 12.0. The Morgan fingerprint density at radius 2 is 2.00 bits per heavy atom. The van der Waals surface area contributed by atoms with Crippen molar-refractivity contribution >= 4 is 56.3 Å². The molecule has 2 aromatic carbocycles. The van der Waals surface area contributed by atoms with Gasteiger partial charge in [0.25, 0.3) is 0 Å². The van der Waals surface area contributed by atoms with Crippen molar-refractivity contribution in [3.63, 3.8) is 0 Å². The van der Waals surface area contributed by atoms with E-state index in [4.69, 9.17) is 16.3 Å². The number of carbonyl (C=O) groups is 2. The quantitative estimate of drug-likeness (QED) is 0.666. The molecule has 0 fully saturated rings. The fourth-order valence-electron chi connectivity index (χ4n) is 2.29. The van der Waals surface area contributed by atoms with Gasteiger partial charge >= 0.3 is 0 Å². The van der Waals surface area contributed by atoms with Gasteiger partial charge in [0.1, 0.15) is 11.6 Å². The molecular weight excluding hydrogens is 374 g/mol. The van der Waals surface area contributed by atoms with E-state index in [-0.39, 0.29) is 25.0 Å². The third-order valence-electron chi connectivity index (χ3n) is 3.36. The molecule has 0 aliphatic rings. The van der Waals surface area contributed by atoms with E-state index in [1.165, 1.54) is 6.92 Å². The Labute approximate surface area is 159 Å². The highest BCUT2D eigenvalue weighted by Gasteiger charge is 2.08. The van der Waals surface area contributed by atoms with E-state index in [1.54, 1.807) is 29.5 Å². The maximum Gasteiger partial charge on any atom is 0.250 e. The minimum Gasteiger partial charge on any atom is -0.364 e. The summed E-state index contributed by atoms with van der Waals surface area (Å²) in [6.45, 7) is 1.57. The van der Waals surface area contributed by atoms with Crippen LogP contribution in [0.2, 0.25) is 5.02 Å². The van der Waals surface area contributed by atoms with E-state index < -0.39 is 0 Å². The summed E-state index contributed by atoms with van der Waals surface area (Å²) in [5.74, 6) is -0.513. The molecule has 8 heteroatoms. The SMILES string of the molecule is CC(=O)Nc1ccc(NC(=O)COCc2nc3ccccc3s2)cc1Cl. The molecule has 6 nitrogen and oxygen atoms in total. The first-order valence-electron chi connectivity index (χ1n) is 7.80. The molecule has 0 saturated heterocycles. The molecule has 0 atom stereocenters. The Morgan fingerprint density at radius 3 is 2.73 bits per heavy atom. The minimum atomic E-state index is -0.297. The first-order chi connectivity index (χ1) is 12.5. The summed E-state index contributed by atoms with van der Waals surface area (Å²) in [4.78, 5) is 27.5.